The summed E-state index contributed by atoms with van der Waals surface area (Å²) in [6, 6.07) is 9.81. The molecule has 0 radical (unpaired) electrons. The molecule has 0 saturated carbocycles. The molecule has 4 heteroatoms. The van der Waals surface area contributed by atoms with Crippen molar-refractivity contribution in [2.24, 2.45) is 0 Å². The Morgan fingerprint density at radius 2 is 1.27 bits per heavy atom. The molecule has 120 valence electrons. The number of rotatable bonds is 3. The van der Waals surface area contributed by atoms with Crippen LogP contribution < -0.4 is 14.2 Å². The number of halogens is 1. The van der Waals surface area contributed by atoms with E-state index in [9.17, 15) is 0 Å². The van der Waals surface area contributed by atoms with Gasteiger partial charge in [-0.25, -0.2) is 0 Å². The average Bonchev–Trinajstić information content (AvgIpc) is 2.50. The predicted octanol–water partition coefficient (Wildman–Crippen LogP) is 4.98. The Hall–Kier alpha value is -1.87. The fourth-order valence-corrected chi connectivity index (χ4v) is 2.12. The van der Waals surface area contributed by atoms with Crippen LogP contribution in [-0.4, -0.2) is 21.3 Å². The Balaban J connectivity index is 0.000000235. The molecule has 0 aromatic heterocycles. The van der Waals surface area contributed by atoms with E-state index < -0.39 is 0 Å². The van der Waals surface area contributed by atoms with Crippen LogP contribution in [0, 0.1) is 20.8 Å². The van der Waals surface area contributed by atoms with Crippen molar-refractivity contribution >= 4 is 11.6 Å². The topological polar surface area (TPSA) is 27.7 Å². The fraction of sp³-hybridized carbons (Fsp3) is 0.333. The third-order valence-electron chi connectivity index (χ3n) is 3.12. The van der Waals surface area contributed by atoms with Gasteiger partial charge in [-0.2, -0.15) is 0 Å². The molecule has 0 saturated heterocycles. The van der Waals surface area contributed by atoms with Crippen molar-refractivity contribution in [2.75, 3.05) is 21.3 Å². The number of aryl methyl sites for hydroxylation is 3. The zero-order valence-corrected chi connectivity index (χ0v) is 14.7. The molecule has 0 atom stereocenters. The zero-order valence-electron chi connectivity index (χ0n) is 14.0. The van der Waals surface area contributed by atoms with Crippen molar-refractivity contribution in [3.63, 3.8) is 0 Å². The number of benzene rings is 2. The lowest BCUT2D eigenvalue weighted by molar-refractivity contribution is 0.324. The molecule has 2 rings (SSSR count). The maximum absolute atomic E-state index is 5.78. The zero-order chi connectivity index (χ0) is 16.7. The lowest BCUT2D eigenvalue weighted by Crippen LogP contribution is -1.95. The molecule has 0 bridgehead atoms. The van der Waals surface area contributed by atoms with Crippen LogP contribution >= 0.6 is 11.6 Å². The largest absolute Gasteiger partial charge is 0.493 e. The van der Waals surface area contributed by atoms with Gasteiger partial charge in [-0.1, -0.05) is 29.3 Å². The summed E-state index contributed by atoms with van der Waals surface area (Å²) in [5.74, 6) is 2.02. The van der Waals surface area contributed by atoms with E-state index in [4.69, 9.17) is 25.8 Å². The van der Waals surface area contributed by atoms with Crippen molar-refractivity contribution in [2.45, 2.75) is 20.8 Å². The highest BCUT2D eigenvalue weighted by molar-refractivity contribution is 6.31. The Kier molecular flexibility index (Phi) is 7.06. The van der Waals surface area contributed by atoms with Crippen molar-refractivity contribution < 1.29 is 14.2 Å². The van der Waals surface area contributed by atoms with Crippen LogP contribution in [0.2, 0.25) is 5.02 Å². The van der Waals surface area contributed by atoms with Crippen molar-refractivity contribution in [1.29, 1.82) is 0 Å². The van der Waals surface area contributed by atoms with Gasteiger partial charge in [-0.15, -0.1) is 0 Å². The Labute approximate surface area is 137 Å². The highest BCUT2D eigenvalue weighted by atomic mass is 35.5. The normalized spacial score (nSPS) is 9.59. The van der Waals surface area contributed by atoms with E-state index in [0.29, 0.717) is 17.2 Å². The summed E-state index contributed by atoms with van der Waals surface area (Å²) in [5, 5.41) is 0.848. The van der Waals surface area contributed by atoms with Crippen molar-refractivity contribution in [3.8, 4) is 17.2 Å². The average molecular weight is 323 g/mol. The van der Waals surface area contributed by atoms with Crippen molar-refractivity contribution in [3.05, 3.63) is 52.0 Å². The van der Waals surface area contributed by atoms with Crippen molar-refractivity contribution in [1.82, 2.24) is 0 Å². The number of hydrogen-bond donors (Lipinski definition) is 0. The molecule has 0 aliphatic carbocycles. The smallest absolute Gasteiger partial charge is 0.203 e. The second kappa shape index (κ2) is 8.54. The molecule has 2 aromatic rings. The second-order valence-corrected chi connectivity index (χ2v) is 5.36. The highest BCUT2D eigenvalue weighted by Crippen LogP contribution is 2.37. The van der Waals surface area contributed by atoms with Crippen LogP contribution in [0.25, 0.3) is 0 Å². The molecule has 0 unspecified atom stereocenters. The second-order valence-electron chi connectivity index (χ2n) is 4.96. The molecule has 0 spiro atoms. The summed E-state index contributed by atoms with van der Waals surface area (Å²) < 4.78 is 15.5. The quantitative estimate of drug-likeness (QED) is 0.797. The predicted molar refractivity (Wildman–Crippen MR) is 91.8 cm³/mol. The Bertz CT molecular complexity index is 599. The first-order valence-electron chi connectivity index (χ1n) is 6.92. The molecule has 0 heterocycles. The maximum Gasteiger partial charge on any atom is 0.203 e. The number of hydrogen-bond acceptors (Lipinski definition) is 3. The first-order valence-corrected chi connectivity index (χ1v) is 7.30. The molecule has 0 aliphatic heterocycles. The molecular weight excluding hydrogens is 300 g/mol. The SMILES string of the molecule is COc1cc(C)cc(OC)c1OC.Cc1ccc(Cl)c(C)c1. The maximum atomic E-state index is 5.78. The van der Waals surface area contributed by atoms with Gasteiger partial charge in [0.05, 0.1) is 21.3 Å². The molecule has 0 aliphatic rings. The van der Waals surface area contributed by atoms with E-state index in [1.54, 1.807) is 21.3 Å². The first-order chi connectivity index (χ1) is 10.4. The van der Waals surface area contributed by atoms with E-state index in [1.165, 1.54) is 5.56 Å². The molecule has 3 nitrogen and oxygen atoms in total. The summed E-state index contributed by atoms with van der Waals surface area (Å²) in [6.07, 6.45) is 0. The molecular formula is C18H23ClO3. The minimum absolute atomic E-state index is 0.635. The third-order valence-corrected chi connectivity index (χ3v) is 3.55. The van der Waals surface area contributed by atoms with Gasteiger partial charge in [0, 0.05) is 5.02 Å². The Morgan fingerprint density at radius 3 is 1.64 bits per heavy atom. The molecule has 0 amide bonds. The van der Waals surface area contributed by atoms with E-state index >= 15 is 0 Å². The standard InChI is InChI=1S/C10H14O3.C8H9Cl/c1-7-5-8(11-2)10(13-4)9(6-7)12-3;1-6-3-4-8(9)7(2)5-6/h5-6H,1-4H3;3-5H,1-2H3. The van der Waals surface area contributed by atoms with Gasteiger partial charge in [0.15, 0.2) is 11.5 Å². The van der Waals surface area contributed by atoms with Crippen LogP contribution in [0.5, 0.6) is 17.2 Å². The monoisotopic (exact) mass is 322 g/mol. The highest BCUT2D eigenvalue weighted by Gasteiger charge is 2.10. The summed E-state index contributed by atoms with van der Waals surface area (Å²) in [4.78, 5) is 0. The summed E-state index contributed by atoms with van der Waals surface area (Å²) in [6.45, 7) is 6.04. The van der Waals surface area contributed by atoms with Crippen LogP contribution in [0.3, 0.4) is 0 Å². The lowest BCUT2D eigenvalue weighted by Gasteiger charge is -2.12. The van der Waals surface area contributed by atoms with Gasteiger partial charge in [0.2, 0.25) is 5.75 Å². The van der Waals surface area contributed by atoms with Crippen LogP contribution in [0.15, 0.2) is 30.3 Å². The molecule has 0 N–H and O–H groups in total. The van der Waals surface area contributed by atoms with Gasteiger partial charge < -0.3 is 14.2 Å². The van der Waals surface area contributed by atoms with Gasteiger partial charge >= 0.3 is 0 Å². The van der Waals surface area contributed by atoms with E-state index in [1.807, 2.05) is 38.1 Å². The van der Waals surface area contributed by atoms with Gasteiger partial charge in [0.25, 0.3) is 0 Å². The van der Waals surface area contributed by atoms with Gasteiger partial charge in [-0.05, 0) is 50.1 Å². The molecule has 2 aromatic carbocycles. The van der Waals surface area contributed by atoms with Crippen LogP contribution in [0.4, 0.5) is 0 Å². The van der Waals surface area contributed by atoms with E-state index in [2.05, 4.69) is 13.0 Å². The number of methoxy groups -OCH3 is 3. The van der Waals surface area contributed by atoms with Gasteiger partial charge in [-0.3, -0.25) is 0 Å². The molecule has 0 fully saturated rings. The first kappa shape index (κ1) is 18.2. The minimum atomic E-state index is 0.635. The fourth-order valence-electron chi connectivity index (χ4n) is 2.01. The molecule has 22 heavy (non-hydrogen) atoms. The third kappa shape index (κ3) is 4.85. The minimum Gasteiger partial charge on any atom is -0.493 e. The van der Waals surface area contributed by atoms with Crippen LogP contribution in [-0.2, 0) is 0 Å². The summed E-state index contributed by atoms with van der Waals surface area (Å²) in [5.41, 5.74) is 3.49. The number of ether oxygens (including phenoxy) is 3. The van der Waals surface area contributed by atoms with Crippen LogP contribution in [0.1, 0.15) is 16.7 Å². The van der Waals surface area contributed by atoms with E-state index in [0.717, 1.165) is 16.1 Å². The summed E-state index contributed by atoms with van der Waals surface area (Å²) >= 11 is 5.78. The lowest BCUT2D eigenvalue weighted by atomic mass is 10.2. The summed E-state index contributed by atoms with van der Waals surface area (Å²) in [7, 11) is 4.81. The Morgan fingerprint density at radius 1 is 0.727 bits per heavy atom. The van der Waals surface area contributed by atoms with E-state index in [-0.39, 0.29) is 0 Å². The van der Waals surface area contributed by atoms with Gasteiger partial charge in [0.1, 0.15) is 0 Å².